The highest BCUT2D eigenvalue weighted by Crippen LogP contribution is 2.24. The van der Waals surface area contributed by atoms with Crippen LogP contribution in [0.4, 0.5) is 5.69 Å². The van der Waals surface area contributed by atoms with Crippen LogP contribution in [0.2, 0.25) is 0 Å². The molecule has 0 fully saturated rings. The monoisotopic (exact) mass is 258 g/mol. The fraction of sp³-hybridized carbons (Fsp3) is 0.214. The second-order valence-electron chi connectivity index (χ2n) is 4.27. The number of pyridine rings is 1. The van der Waals surface area contributed by atoms with Crippen LogP contribution in [-0.4, -0.2) is 22.0 Å². The summed E-state index contributed by atoms with van der Waals surface area (Å²) >= 11 is 0. The van der Waals surface area contributed by atoms with Gasteiger partial charge in [-0.15, -0.1) is 0 Å². The van der Waals surface area contributed by atoms with Crippen LogP contribution in [0.25, 0.3) is 10.9 Å². The van der Waals surface area contributed by atoms with Crippen molar-refractivity contribution >= 4 is 28.5 Å². The third-order valence-electron chi connectivity index (χ3n) is 2.81. The van der Waals surface area contributed by atoms with Crippen molar-refractivity contribution in [3.8, 4) is 0 Å². The molecule has 19 heavy (non-hydrogen) atoms. The first kappa shape index (κ1) is 13.0. The molecular formula is C14H14N2O3. The SMILES string of the molecule is Cc1ccc(NC(=O)CCC(=O)O)c2cccnc12. The Hall–Kier alpha value is -2.43. The average molecular weight is 258 g/mol. The molecule has 0 aliphatic heterocycles. The maximum atomic E-state index is 11.7. The number of carbonyl (C=O) groups is 2. The van der Waals surface area contributed by atoms with Gasteiger partial charge in [-0.1, -0.05) is 6.07 Å². The molecule has 2 aromatic rings. The molecule has 0 saturated heterocycles. The topological polar surface area (TPSA) is 79.3 Å². The van der Waals surface area contributed by atoms with Gasteiger partial charge in [0, 0.05) is 18.0 Å². The van der Waals surface area contributed by atoms with Gasteiger partial charge < -0.3 is 10.4 Å². The second kappa shape index (κ2) is 5.48. The molecular weight excluding hydrogens is 244 g/mol. The van der Waals surface area contributed by atoms with E-state index in [9.17, 15) is 9.59 Å². The average Bonchev–Trinajstić information content (AvgIpc) is 2.40. The summed E-state index contributed by atoms with van der Waals surface area (Å²) in [6.45, 7) is 1.95. The first-order valence-corrected chi connectivity index (χ1v) is 5.94. The predicted molar refractivity (Wildman–Crippen MR) is 72.0 cm³/mol. The van der Waals surface area contributed by atoms with Crippen LogP contribution in [0.15, 0.2) is 30.5 Å². The fourth-order valence-corrected chi connectivity index (χ4v) is 1.86. The summed E-state index contributed by atoms with van der Waals surface area (Å²) in [4.78, 5) is 26.4. The molecule has 1 heterocycles. The Bertz CT molecular complexity index is 638. The number of hydrogen-bond acceptors (Lipinski definition) is 3. The van der Waals surface area contributed by atoms with Crippen molar-refractivity contribution in [2.24, 2.45) is 0 Å². The lowest BCUT2D eigenvalue weighted by Crippen LogP contribution is -2.13. The number of carboxylic acids is 1. The molecule has 2 rings (SSSR count). The number of amides is 1. The van der Waals surface area contributed by atoms with Gasteiger partial charge in [-0.05, 0) is 30.7 Å². The van der Waals surface area contributed by atoms with Gasteiger partial charge in [0.2, 0.25) is 5.91 Å². The summed E-state index contributed by atoms with van der Waals surface area (Å²) in [6.07, 6.45) is 1.49. The lowest BCUT2D eigenvalue weighted by atomic mass is 10.1. The van der Waals surface area contributed by atoms with E-state index in [-0.39, 0.29) is 18.7 Å². The molecule has 0 radical (unpaired) electrons. The van der Waals surface area contributed by atoms with Crippen LogP contribution < -0.4 is 5.32 Å². The summed E-state index contributed by atoms with van der Waals surface area (Å²) < 4.78 is 0. The summed E-state index contributed by atoms with van der Waals surface area (Å²) in [7, 11) is 0. The van der Waals surface area contributed by atoms with Crippen LogP contribution in [0.3, 0.4) is 0 Å². The van der Waals surface area contributed by atoms with Gasteiger partial charge in [-0.2, -0.15) is 0 Å². The molecule has 2 N–H and O–H groups in total. The van der Waals surface area contributed by atoms with Gasteiger partial charge in [0.25, 0.3) is 0 Å². The van der Waals surface area contributed by atoms with Crippen LogP contribution in [-0.2, 0) is 9.59 Å². The van der Waals surface area contributed by atoms with E-state index in [2.05, 4.69) is 10.3 Å². The van der Waals surface area contributed by atoms with Gasteiger partial charge >= 0.3 is 5.97 Å². The maximum absolute atomic E-state index is 11.7. The minimum Gasteiger partial charge on any atom is -0.481 e. The van der Waals surface area contributed by atoms with E-state index in [1.807, 2.05) is 19.1 Å². The Balaban J connectivity index is 2.24. The normalized spacial score (nSPS) is 10.4. The molecule has 0 atom stereocenters. The van der Waals surface area contributed by atoms with Crippen LogP contribution >= 0.6 is 0 Å². The van der Waals surface area contributed by atoms with E-state index in [0.29, 0.717) is 5.69 Å². The first-order chi connectivity index (χ1) is 9.08. The Morgan fingerprint density at radius 3 is 2.79 bits per heavy atom. The van der Waals surface area contributed by atoms with Gasteiger partial charge in [-0.3, -0.25) is 14.6 Å². The zero-order valence-corrected chi connectivity index (χ0v) is 10.5. The van der Waals surface area contributed by atoms with E-state index in [0.717, 1.165) is 16.5 Å². The minimum atomic E-state index is -0.981. The van der Waals surface area contributed by atoms with Gasteiger partial charge in [0.05, 0.1) is 17.6 Å². The number of aliphatic carboxylic acids is 1. The van der Waals surface area contributed by atoms with E-state index in [1.54, 1.807) is 18.3 Å². The maximum Gasteiger partial charge on any atom is 0.303 e. The molecule has 5 nitrogen and oxygen atoms in total. The number of hydrogen-bond donors (Lipinski definition) is 2. The third-order valence-corrected chi connectivity index (χ3v) is 2.81. The highest BCUT2D eigenvalue weighted by atomic mass is 16.4. The fourth-order valence-electron chi connectivity index (χ4n) is 1.86. The van der Waals surface area contributed by atoms with Crippen molar-refractivity contribution in [2.45, 2.75) is 19.8 Å². The first-order valence-electron chi connectivity index (χ1n) is 5.94. The number of benzene rings is 1. The lowest BCUT2D eigenvalue weighted by molar-refractivity contribution is -0.138. The van der Waals surface area contributed by atoms with Gasteiger partial charge in [0.15, 0.2) is 0 Å². The van der Waals surface area contributed by atoms with Crippen molar-refractivity contribution in [2.75, 3.05) is 5.32 Å². The summed E-state index contributed by atoms with van der Waals surface area (Å²) in [5.74, 6) is -1.29. The van der Waals surface area contributed by atoms with E-state index < -0.39 is 5.97 Å². The summed E-state index contributed by atoms with van der Waals surface area (Å²) in [5, 5.41) is 12.1. The number of fused-ring (bicyclic) bond motifs is 1. The molecule has 0 saturated carbocycles. The molecule has 0 aliphatic rings. The number of anilines is 1. The molecule has 0 spiro atoms. The van der Waals surface area contributed by atoms with Crippen molar-refractivity contribution < 1.29 is 14.7 Å². The summed E-state index contributed by atoms with van der Waals surface area (Å²) in [6, 6.07) is 7.36. The molecule has 5 heteroatoms. The number of rotatable bonds is 4. The lowest BCUT2D eigenvalue weighted by Gasteiger charge is -2.09. The molecule has 1 aromatic heterocycles. The molecule has 0 bridgehead atoms. The smallest absolute Gasteiger partial charge is 0.303 e. The minimum absolute atomic E-state index is 0.0367. The van der Waals surface area contributed by atoms with Crippen molar-refractivity contribution in [1.82, 2.24) is 4.98 Å². The third kappa shape index (κ3) is 3.07. The molecule has 1 amide bonds. The standard InChI is InChI=1S/C14H14N2O3/c1-9-4-5-11(10-3-2-8-15-14(9)10)16-12(17)6-7-13(18)19/h2-5,8H,6-7H2,1H3,(H,16,17)(H,18,19). The van der Waals surface area contributed by atoms with Crippen LogP contribution in [0, 0.1) is 6.92 Å². The molecule has 0 unspecified atom stereocenters. The second-order valence-corrected chi connectivity index (χ2v) is 4.27. The van der Waals surface area contributed by atoms with E-state index >= 15 is 0 Å². The zero-order valence-electron chi connectivity index (χ0n) is 10.5. The number of aromatic nitrogens is 1. The largest absolute Gasteiger partial charge is 0.481 e. The Kier molecular flexibility index (Phi) is 3.75. The Morgan fingerprint density at radius 2 is 2.05 bits per heavy atom. The Morgan fingerprint density at radius 1 is 1.26 bits per heavy atom. The van der Waals surface area contributed by atoms with Gasteiger partial charge in [-0.25, -0.2) is 0 Å². The molecule has 98 valence electrons. The van der Waals surface area contributed by atoms with Crippen molar-refractivity contribution in [1.29, 1.82) is 0 Å². The molecule has 0 aliphatic carbocycles. The number of aryl methyl sites for hydroxylation is 1. The van der Waals surface area contributed by atoms with Crippen LogP contribution in [0.5, 0.6) is 0 Å². The number of carboxylic acid groups (broad SMARTS) is 1. The Labute approximate surface area is 110 Å². The zero-order chi connectivity index (χ0) is 13.8. The van der Waals surface area contributed by atoms with E-state index in [4.69, 9.17) is 5.11 Å². The van der Waals surface area contributed by atoms with Crippen LogP contribution in [0.1, 0.15) is 18.4 Å². The summed E-state index contributed by atoms with van der Waals surface area (Å²) in [5.41, 5.74) is 2.52. The highest BCUT2D eigenvalue weighted by Gasteiger charge is 2.09. The predicted octanol–water partition coefficient (Wildman–Crippen LogP) is 2.35. The molecule has 1 aromatic carbocycles. The number of nitrogens with one attached hydrogen (secondary N) is 1. The van der Waals surface area contributed by atoms with Crippen molar-refractivity contribution in [3.05, 3.63) is 36.0 Å². The van der Waals surface area contributed by atoms with Gasteiger partial charge in [0.1, 0.15) is 0 Å². The number of nitrogens with zero attached hydrogens (tertiary/aromatic N) is 1. The van der Waals surface area contributed by atoms with E-state index in [1.165, 1.54) is 0 Å². The van der Waals surface area contributed by atoms with Crippen molar-refractivity contribution in [3.63, 3.8) is 0 Å². The quantitative estimate of drug-likeness (QED) is 0.882. The number of carbonyl (C=O) groups excluding carboxylic acids is 1. The highest BCUT2D eigenvalue weighted by molar-refractivity contribution is 6.02.